The maximum atomic E-state index is 5.64. The van der Waals surface area contributed by atoms with Crippen molar-refractivity contribution >= 4 is 0 Å². The summed E-state index contributed by atoms with van der Waals surface area (Å²) in [6, 6.07) is 0.256. The Balaban J connectivity index is 3.14. The van der Waals surface area contributed by atoms with Crippen LogP contribution in [0.25, 0.3) is 0 Å². The van der Waals surface area contributed by atoms with Crippen molar-refractivity contribution in [1.82, 2.24) is 0 Å². The Morgan fingerprint density at radius 2 is 1.92 bits per heavy atom. The van der Waals surface area contributed by atoms with E-state index in [4.69, 9.17) is 10.5 Å². The van der Waals surface area contributed by atoms with Crippen LogP contribution < -0.4 is 5.73 Å². The first kappa shape index (κ1) is 11.9. The Kier molecular flexibility index (Phi) is 7.51. The molecule has 2 N–H and O–H groups in total. The maximum absolute atomic E-state index is 5.64. The largest absolute Gasteiger partial charge is 0.378 e. The van der Waals surface area contributed by atoms with Gasteiger partial charge in [0.2, 0.25) is 0 Å². The van der Waals surface area contributed by atoms with Crippen molar-refractivity contribution < 1.29 is 4.74 Å². The van der Waals surface area contributed by atoms with E-state index in [0.29, 0.717) is 6.10 Å². The average molecular weight is 173 g/mol. The standard InChI is InChI=1S/C10H23NO/c1-4-5-6-7-12-10(3)8-9(2)11/h9-10H,4-8,11H2,1-3H3. The molecule has 0 radical (unpaired) electrons. The molecule has 0 heterocycles. The molecule has 0 aromatic carbocycles. The van der Waals surface area contributed by atoms with E-state index in [0.717, 1.165) is 13.0 Å². The van der Waals surface area contributed by atoms with Crippen molar-refractivity contribution in [2.45, 2.75) is 58.6 Å². The van der Waals surface area contributed by atoms with Crippen LogP contribution in [0.15, 0.2) is 0 Å². The zero-order valence-electron chi connectivity index (χ0n) is 8.68. The van der Waals surface area contributed by atoms with Crippen LogP contribution in [0.3, 0.4) is 0 Å². The van der Waals surface area contributed by atoms with E-state index >= 15 is 0 Å². The van der Waals surface area contributed by atoms with Crippen LogP contribution in [0.1, 0.15) is 46.5 Å². The summed E-state index contributed by atoms with van der Waals surface area (Å²) in [5.74, 6) is 0. The summed E-state index contributed by atoms with van der Waals surface area (Å²) in [4.78, 5) is 0. The van der Waals surface area contributed by atoms with Gasteiger partial charge in [-0.2, -0.15) is 0 Å². The van der Waals surface area contributed by atoms with Crippen LogP contribution in [0.2, 0.25) is 0 Å². The molecule has 12 heavy (non-hydrogen) atoms. The first-order valence-corrected chi connectivity index (χ1v) is 5.04. The second-order valence-electron chi connectivity index (χ2n) is 3.60. The molecule has 0 rings (SSSR count). The molecule has 0 saturated carbocycles. The molecule has 0 aliphatic heterocycles. The zero-order valence-corrected chi connectivity index (χ0v) is 8.68. The minimum Gasteiger partial charge on any atom is -0.378 e. The predicted molar refractivity (Wildman–Crippen MR) is 53.2 cm³/mol. The summed E-state index contributed by atoms with van der Waals surface area (Å²) in [6.45, 7) is 7.20. The first-order chi connectivity index (χ1) is 5.66. The second-order valence-corrected chi connectivity index (χ2v) is 3.60. The summed E-state index contributed by atoms with van der Waals surface area (Å²) >= 11 is 0. The highest BCUT2D eigenvalue weighted by atomic mass is 16.5. The molecule has 2 atom stereocenters. The summed E-state index contributed by atoms with van der Waals surface area (Å²) < 4.78 is 5.57. The molecule has 0 spiro atoms. The first-order valence-electron chi connectivity index (χ1n) is 5.04. The van der Waals surface area contributed by atoms with Gasteiger partial charge in [0.05, 0.1) is 6.10 Å². The third kappa shape index (κ3) is 8.02. The lowest BCUT2D eigenvalue weighted by Gasteiger charge is -2.14. The summed E-state index contributed by atoms with van der Waals surface area (Å²) in [5.41, 5.74) is 5.64. The van der Waals surface area contributed by atoms with E-state index in [1.165, 1.54) is 19.3 Å². The third-order valence-corrected chi connectivity index (χ3v) is 1.85. The lowest BCUT2D eigenvalue weighted by Crippen LogP contribution is -2.23. The van der Waals surface area contributed by atoms with Crippen molar-refractivity contribution in [3.8, 4) is 0 Å². The molecule has 2 heteroatoms. The number of unbranched alkanes of at least 4 members (excludes halogenated alkanes) is 2. The molecule has 0 aliphatic carbocycles. The Bertz CT molecular complexity index is 93.8. The number of nitrogens with two attached hydrogens (primary N) is 1. The Labute approximate surface area is 76.5 Å². The Hall–Kier alpha value is -0.0800. The van der Waals surface area contributed by atoms with Crippen LogP contribution in [0.5, 0.6) is 0 Å². The lowest BCUT2D eigenvalue weighted by atomic mass is 10.2. The fourth-order valence-electron chi connectivity index (χ4n) is 1.23. The van der Waals surface area contributed by atoms with Gasteiger partial charge in [-0.25, -0.2) is 0 Å². The van der Waals surface area contributed by atoms with Gasteiger partial charge in [-0.1, -0.05) is 19.8 Å². The van der Waals surface area contributed by atoms with Gasteiger partial charge >= 0.3 is 0 Å². The Morgan fingerprint density at radius 3 is 2.42 bits per heavy atom. The fourth-order valence-corrected chi connectivity index (χ4v) is 1.23. The number of hydrogen-bond acceptors (Lipinski definition) is 2. The number of hydrogen-bond donors (Lipinski definition) is 1. The van der Waals surface area contributed by atoms with E-state index in [1.54, 1.807) is 0 Å². The fraction of sp³-hybridized carbons (Fsp3) is 1.00. The number of rotatable bonds is 7. The number of ether oxygens (including phenoxy) is 1. The second kappa shape index (κ2) is 7.56. The smallest absolute Gasteiger partial charge is 0.0561 e. The van der Waals surface area contributed by atoms with E-state index in [9.17, 15) is 0 Å². The van der Waals surface area contributed by atoms with Crippen molar-refractivity contribution in [1.29, 1.82) is 0 Å². The summed E-state index contributed by atoms with van der Waals surface area (Å²) in [7, 11) is 0. The summed E-state index contributed by atoms with van der Waals surface area (Å²) in [6.07, 6.45) is 4.99. The van der Waals surface area contributed by atoms with Gasteiger partial charge in [0.1, 0.15) is 0 Å². The Morgan fingerprint density at radius 1 is 1.25 bits per heavy atom. The van der Waals surface area contributed by atoms with Crippen LogP contribution in [0, 0.1) is 0 Å². The molecule has 74 valence electrons. The molecule has 0 bridgehead atoms. The zero-order chi connectivity index (χ0) is 9.40. The van der Waals surface area contributed by atoms with E-state index in [2.05, 4.69) is 13.8 Å². The third-order valence-electron chi connectivity index (χ3n) is 1.85. The van der Waals surface area contributed by atoms with Gasteiger partial charge in [0.15, 0.2) is 0 Å². The molecule has 0 fully saturated rings. The van der Waals surface area contributed by atoms with Crippen LogP contribution in [-0.4, -0.2) is 18.8 Å². The molecule has 2 nitrogen and oxygen atoms in total. The molecular formula is C10H23NO. The highest BCUT2D eigenvalue weighted by Crippen LogP contribution is 2.02. The molecule has 0 saturated heterocycles. The van der Waals surface area contributed by atoms with Gasteiger partial charge in [-0.15, -0.1) is 0 Å². The van der Waals surface area contributed by atoms with Crippen molar-refractivity contribution in [3.63, 3.8) is 0 Å². The van der Waals surface area contributed by atoms with Crippen molar-refractivity contribution in [2.24, 2.45) is 5.73 Å². The molecule has 0 aromatic rings. The van der Waals surface area contributed by atoms with Crippen LogP contribution >= 0.6 is 0 Å². The van der Waals surface area contributed by atoms with Crippen LogP contribution in [-0.2, 0) is 4.74 Å². The molecule has 0 amide bonds. The van der Waals surface area contributed by atoms with Gasteiger partial charge < -0.3 is 10.5 Å². The summed E-state index contributed by atoms with van der Waals surface area (Å²) in [5, 5.41) is 0. The van der Waals surface area contributed by atoms with E-state index in [-0.39, 0.29) is 6.04 Å². The van der Waals surface area contributed by atoms with Gasteiger partial charge in [-0.05, 0) is 26.7 Å². The molecule has 2 unspecified atom stereocenters. The van der Waals surface area contributed by atoms with E-state index in [1.807, 2.05) is 6.92 Å². The SMILES string of the molecule is CCCCCOC(C)CC(C)N. The predicted octanol–water partition coefficient (Wildman–Crippen LogP) is 2.32. The van der Waals surface area contributed by atoms with Crippen molar-refractivity contribution in [3.05, 3.63) is 0 Å². The highest BCUT2D eigenvalue weighted by Gasteiger charge is 2.04. The highest BCUT2D eigenvalue weighted by molar-refractivity contribution is 4.59. The minimum atomic E-state index is 0.256. The van der Waals surface area contributed by atoms with Crippen LogP contribution in [0.4, 0.5) is 0 Å². The van der Waals surface area contributed by atoms with Crippen molar-refractivity contribution in [2.75, 3.05) is 6.61 Å². The normalized spacial score (nSPS) is 16.0. The monoisotopic (exact) mass is 173 g/mol. The van der Waals surface area contributed by atoms with Gasteiger partial charge in [-0.3, -0.25) is 0 Å². The molecular weight excluding hydrogens is 150 g/mol. The quantitative estimate of drug-likeness (QED) is 0.600. The maximum Gasteiger partial charge on any atom is 0.0561 e. The van der Waals surface area contributed by atoms with Gasteiger partial charge in [0.25, 0.3) is 0 Å². The minimum absolute atomic E-state index is 0.256. The lowest BCUT2D eigenvalue weighted by molar-refractivity contribution is 0.0543. The average Bonchev–Trinajstić information content (AvgIpc) is 1.97. The van der Waals surface area contributed by atoms with Gasteiger partial charge in [0, 0.05) is 12.6 Å². The topological polar surface area (TPSA) is 35.2 Å². The van der Waals surface area contributed by atoms with E-state index < -0.39 is 0 Å². The molecule has 0 aliphatic rings. The molecule has 0 aromatic heterocycles.